The third-order valence-corrected chi connectivity index (χ3v) is 4.70. The van der Waals surface area contributed by atoms with Crippen molar-refractivity contribution >= 4 is 17.9 Å². The minimum atomic E-state index is -0.284. The SMILES string of the molecule is CC(=O)N1C=Cc2ccccc2[C@H]1CC(=O)N(C)CCOc1ccccc1. The lowest BCUT2D eigenvalue weighted by Crippen LogP contribution is -2.37. The summed E-state index contributed by atoms with van der Waals surface area (Å²) in [5, 5.41) is 0. The van der Waals surface area contributed by atoms with E-state index in [0.717, 1.165) is 16.9 Å². The van der Waals surface area contributed by atoms with Gasteiger partial charge in [-0.2, -0.15) is 0 Å². The molecule has 5 heteroatoms. The van der Waals surface area contributed by atoms with Crippen LogP contribution in [0.5, 0.6) is 5.75 Å². The molecule has 3 rings (SSSR count). The Kier molecular flexibility index (Phi) is 5.91. The molecule has 1 aliphatic heterocycles. The Labute approximate surface area is 159 Å². The standard InChI is InChI=1S/C22H24N2O3/c1-17(25)24-13-12-18-8-6-7-11-20(18)21(24)16-22(26)23(2)14-15-27-19-9-4-3-5-10-19/h3-13,21H,14-16H2,1-2H3/t21-/m1/s1. The summed E-state index contributed by atoms with van der Waals surface area (Å²) in [6, 6.07) is 17.1. The first-order valence-corrected chi connectivity index (χ1v) is 9.04. The van der Waals surface area contributed by atoms with E-state index in [4.69, 9.17) is 4.74 Å². The second-order valence-electron chi connectivity index (χ2n) is 6.57. The highest BCUT2D eigenvalue weighted by atomic mass is 16.5. The number of hydrogen-bond donors (Lipinski definition) is 0. The van der Waals surface area contributed by atoms with E-state index < -0.39 is 0 Å². The zero-order valence-electron chi connectivity index (χ0n) is 15.7. The minimum Gasteiger partial charge on any atom is -0.492 e. The zero-order chi connectivity index (χ0) is 19.2. The smallest absolute Gasteiger partial charge is 0.224 e. The fourth-order valence-electron chi connectivity index (χ4n) is 3.18. The first kappa shape index (κ1) is 18.7. The molecule has 2 amide bonds. The van der Waals surface area contributed by atoms with E-state index in [0.29, 0.717) is 13.2 Å². The Hall–Kier alpha value is -3.08. The number of hydrogen-bond acceptors (Lipinski definition) is 3. The van der Waals surface area contributed by atoms with Crippen molar-refractivity contribution in [2.24, 2.45) is 0 Å². The highest BCUT2D eigenvalue weighted by Gasteiger charge is 2.29. The topological polar surface area (TPSA) is 49.9 Å². The molecular formula is C22H24N2O3. The van der Waals surface area contributed by atoms with E-state index in [2.05, 4.69) is 0 Å². The van der Waals surface area contributed by atoms with Gasteiger partial charge in [0.2, 0.25) is 11.8 Å². The molecule has 140 valence electrons. The summed E-state index contributed by atoms with van der Waals surface area (Å²) in [5.41, 5.74) is 2.04. The molecule has 0 saturated heterocycles. The maximum Gasteiger partial charge on any atom is 0.224 e. The van der Waals surface area contributed by atoms with Crippen LogP contribution in [0, 0.1) is 0 Å². The van der Waals surface area contributed by atoms with Gasteiger partial charge in [0.1, 0.15) is 12.4 Å². The zero-order valence-corrected chi connectivity index (χ0v) is 15.7. The molecule has 5 nitrogen and oxygen atoms in total. The molecule has 0 spiro atoms. The number of rotatable bonds is 6. The Morgan fingerprint density at radius 2 is 1.78 bits per heavy atom. The Bertz CT molecular complexity index is 832. The molecule has 0 fully saturated rings. The van der Waals surface area contributed by atoms with Crippen molar-refractivity contribution in [3.63, 3.8) is 0 Å². The lowest BCUT2D eigenvalue weighted by Gasteiger charge is -2.33. The average Bonchev–Trinajstić information content (AvgIpc) is 2.68. The van der Waals surface area contributed by atoms with Gasteiger partial charge >= 0.3 is 0 Å². The highest BCUT2D eigenvalue weighted by Crippen LogP contribution is 2.33. The number of ether oxygens (including phenoxy) is 1. The van der Waals surface area contributed by atoms with Crippen molar-refractivity contribution in [2.75, 3.05) is 20.2 Å². The summed E-state index contributed by atoms with van der Waals surface area (Å²) < 4.78 is 5.66. The van der Waals surface area contributed by atoms with Gasteiger partial charge in [0, 0.05) is 20.2 Å². The fourth-order valence-corrected chi connectivity index (χ4v) is 3.18. The molecule has 2 aromatic carbocycles. The number of nitrogens with zero attached hydrogens (tertiary/aromatic N) is 2. The van der Waals surface area contributed by atoms with Gasteiger partial charge in [0.25, 0.3) is 0 Å². The number of likely N-dealkylation sites (N-methyl/N-ethyl adjacent to an activating group) is 1. The molecule has 27 heavy (non-hydrogen) atoms. The van der Waals surface area contributed by atoms with E-state index in [9.17, 15) is 9.59 Å². The minimum absolute atomic E-state index is 0.0204. The predicted molar refractivity (Wildman–Crippen MR) is 105 cm³/mol. The molecule has 2 aromatic rings. The molecule has 0 radical (unpaired) electrons. The van der Waals surface area contributed by atoms with Gasteiger partial charge < -0.3 is 14.5 Å². The van der Waals surface area contributed by atoms with Gasteiger partial charge in [0.05, 0.1) is 19.0 Å². The van der Waals surface area contributed by atoms with E-state index in [1.807, 2.05) is 60.7 Å². The van der Waals surface area contributed by atoms with Crippen LogP contribution in [0.2, 0.25) is 0 Å². The summed E-state index contributed by atoms with van der Waals surface area (Å²) in [7, 11) is 1.76. The first-order chi connectivity index (χ1) is 13.1. The molecule has 0 aliphatic carbocycles. The normalized spacial score (nSPS) is 15.2. The quantitative estimate of drug-likeness (QED) is 0.788. The highest BCUT2D eigenvalue weighted by molar-refractivity contribution is 5.81. The number of benzene rings is 2. The van der Waals surface area contributed by atoms with Crippen molar-refractivity contribution < 1.29 is 14.3 Å². The lowest BCUT2D eigenvalue weighted by atomic mass is 9.93. The van der Waals surface area contributed by atoms with Crippen molar-refractivity contribution in [1.29, 1.82) is 0 Å². The van der Waals surface area contributed by atoms with Gasteiger partial charge in [-0.3, -0.25) is 9.59 Å². The van der Waals surface area contributed by atoms with Crippen molar-refractivity contribution in [3.05, 3.63) is 71.9 Å². The molecule has 1 aliphatic rings. The van der Waals surface area contributed by atoms with Crippen LogP contribution in [0.4, 0.5) is 0 Å². The van der Waals surface area contributed by atoms with Crippen LogP contribution >= 0.6 is 0 Å². The maximum absolute atomic E-state index is 12.7. The maximum atomic E-state index is 12.7. The monoisotopic (exact) mass is 364 g/mol. The van der Waals surface area contributed by atoms with Crippen molar-refractivity contribution in [3.8, 4) is 5.75 Å². The van der Waals surface area contributed by atoms with E-state index in [-0.39, 0.29) is 24.3 Å². The van der Waals surface area contributed by atoms with E-state index in [1.165, 1.54) is 6.92 Å². The van der Waals surface area contributed by atoms with Crippen LogP contribution in [0.25, 0.3) is 6.08 Å². The van der Waals surface area contributed by atoms with Gasteiger partial charge in [-0.05, 0) is 29.3 Å². The second kappa shape index (κ2) is 8.54. The summed E-state index contributed by atoms with van der Waals surface area (Å²) in [6.45, 7) is 2.43. The van der Waals surface area contributed by atoms with Crippen molar-refractivity contribution in [2.45, 2.75) is 19.4 Å². The van der Waals surface area contributed by atoms with Gasteiger partial charge in [0.15, 0.2) is 0 Å². The Morgan fingerprint density at radius 3 is 2.52 bits per heavy atom. The van der Waals surface area contributed by atoms with Crippen LogP contribution in [-0.4, -0.2) is 41.8 Å². The third kappa shape index (κ3) is 4.56. The van der Waals surface area contributed by atoms with Crippen LogP contribution < -0.4 is 4.74 Å². The van der Waals surface area contributed by atoms with Gasteiger partial charge in [-0.15, -0.1) is 0 Å². The predicted octanol–water partition coefficient (Wildman–Crippen LogP) is 3.49. The number of carbonyl (C=O) groups is 2. The second-order valence-corrected chi connectivity index (χ2v) is 6.57. The van der Waals surface area contributed by atoms with Crippen LogP contribution in [0.1, 0.15) is 30.5 Å². The molecule has 1 heterocycles. The van der Waals surface area contributed by atoms with Gasteiger partial charge in [-0.1, -0.05) is 42.5 Å². The summed E-state index contributed by atoms with van der Waals surface area (Å²) in [4.78, 5) is 28.1. The summed E-state index contributed by atoms with van der Waals surface area (Å²) in [6.07, 6.45) is 3.92. The molecule has 0 unspecified atom stereocenters. The third-order valence-electron chi connectivity index (χ3n) is 4.70. The summed E-state index contributed by atoms with van der Waals surface area (Å²) in [5.74, 6) is 0.689. The first-order valence-electron chi connectivity index (χ1n) is 9.04. The Morgan fingerprint density at radius 1 is 1.07 bits per heavy atom. The fraction of sp³-hybridized carbons (Fsp3) is 0.273. The van der Waals surface area contributed by atoms with Crippen LogP contribution in [0.3, 0.4) is 0 Å². The molecule has 1 atom stereocenters. The van der Waals surface area contributed by atoms with Crippen molar-refractivity contribution in [1.82, 2.24) is 9.80 Å². The van der Waals surface area contributed by atoms with Crippen LogP contribution in [-0.2, 0) is 9.59 Å². The number of fused-ring (bicyclic) bond motifs is 1. The molecule has 0 saturated carbocycles. The van der Waals surface area contributed by atoms with E-state index >= 15 is 0 Å². The number of carbonyl (C=O) groups excluding carboxylic acids is 2. The Balaban J connectivity index is 1.62. The number of para-hydroxylation sites is 1. The average molecular weight is 364 g/mol. The lowest BCUT2D eigenvalue weighted by molar-refractivity contribution is -0.134. The van der Waals surface area contributed by atoms with Crippen LogP contribution in [0.15, 0.2) is 60.8 Å². The summed E-state index contributed by atoms with van der Waals surface area (Å²) >= 11 is 0. The molecular weight excluding hydrogens is 340 g/mol. The molecule has 0 bridgehead atoms. The largest absolute Gasteiger partial charge is 0.492 e. The molecule has 0 aromatic heterocycles. The number of amides is 2. The molecule has 0 N–H and O–H groups in total. The van der Waals surface area contributed by atoms with E-state index in [1.54, 1.807) is 23.0 Å². The van der Waals surface area contributed by atoms with Gasteiger partial charge in [-0.25, -0.2) is 0 Å².